The third-order valence-electron chi connectivity index (χ3n) is 1.93. The number of carbonyl (C=O) groups is 1. The maximum atomic E-state index is 11.2. The molecular weight excluding hydrogens is 156 g/mol. The SMILES string of the molecule is CC(C)C(=O)CC(OO)C(C)C. The van der Waals surface area contributed by atoms with E-state index in [2.05, 4.69) is 4.89 Å². The molecule has 0 radical (unpaired) electrons. The van der Waals surface area contributed by atoms with Crippen LogP contribution in [0.2, 0.25) is 0 Å². The summed E-state index contributed by atoms with van der Waals surface area (Å²) in [7, 11) is 0. The first-order valence-corrected chi connectivity index (χ1v) is 4.32. The summed E-state index contributed by atoms with van der Waals surface area (Å²) in [5, 5.41) is 8.47. The summed E-state index contributed by atoms with van der Waals surface area (Å²) >= 11 is 0. The van der Waals surface area contributed by atoms with Crippen molar-refractivity contribution in [3.05, 3.63) is 0 Å². The van der Waals surface area contributed by atoms with Gasteiger partial charge in [0.25, 0.3) is 0 Å². The zero-order chi connectivity index (χ0) is 9.72. The molecule has 12 heavy (non-hydrogen) atoms. The lowest BCUT2D eigenvalue weighted by atomic mass is 9.97. The van der Waals surface area contributed by atoms with E-state index in [1.165, 1.54) is 0 Å². The normalized spacial score (nSPS) is 13.9. The molecule has 0 aliphatic heterocycles. The molecule has 0 rings (SSSR count). The first kappa shape index (κ1) is 11.6. The maximum absolute atomic E-state index is 11.2. The second-order valence-corrected chi connectivity index (χ2v) is 3.71. The summed E-state index contributed by atoms with van der Waals surface area (Å²) in [5.41, 5.74) is 0. The van der Waals surface area contributed by atoms with E-state index in [0.29, 0.717) is 6.42 Å². The van der Waals surface area contributed by atoms with Crippen LogP contribution < -0.4 is 0 Å². The lowest BCUT2D eigenvalue weighted by Gasteiger charge is -2.16. The predicted molar refractivity (Wildman–Crippen MR) is 46.8 cm³/mol. The van der Waals surface area contributed by atoms with Crippen LogP contribution in [0.3, 0.4) is 0 Å². The van der Waals surface area contributed by atoms with Gasteiger partial charge in [0, 0.05) is 12.3 Å². The highest BCUT2D eigenvalue weighted by molar-refractivity contribution is 5.80. The van der Waals surface area contributed by atoms with E-state index >= 15 is 0 Å². The molecule has 0 spiro atoms. The van der Waals surface area contributed by atoms with Crippen molar-refractivity contribution in [2.45, 2.75) is 40.2 Å². The van der Waals surface area contributed by atoms with Crippen LogP contribution in [-0.2, 0) is 9.68 Å². The van der Waals surface area contributed by atoms with Gasteiger partial charge in [-0.1, -0.05) is 27.7 Å². The Bertz CT molecular complexity index is 141. The van der Waals surface area contributed by atoms with Crippen LogP contribution in [0.1, 0.15) is 34.1 Å². The van der Waals surface area contributed by atoms with Crippen molar-refractivity contribution >= 4 is 5.78 Å². The van der Waals surface area contributed by atoms with Crippen molar-refractivity contribution in [1.29, 1.82) is 0 Å². The average molecular weight is 174 g/mol. The number of hydrogen-bond acceptors (Lipinski definition) is 3. The van der Waals surface area contributed by atoms with Gasteiger partial charge >= 0.3 is 0 Å². The van der Waals surface area contributed by atoms with E-state index in [0.717, 1.165) is 0 Å². The quantitative estimate of drug-likeness (QED) is 0.513. The molecule has 3 nitrogen and oxygen atoms in total. The fourth-order valence-electron chi connectivity index (χ4n) is 0.829. The number of ketones is 1. The molecular formula is C9H18O3. The third kappa shape index (κ3) is 3.83. The van der Waals surface area contributed by atoms with E-state index in [-0.39, 0.29) is 23.7 Å². The van der Waals surface area contributed by atoms with Crippen molar-refractivity contribution in [2.75, 3.05) is 0 Å². The van der Waals surface area contributed by atoms with E-state index in [9.17, 15) is 4.79 Å². The van der Waals surface area contributed by atoms with Crippen molar-refractivity contribution in [1.82, 2.24) is 0 Å². The minimum absolute atomic E-state index is 0.0152. The van der Waals surface area contributed by atoms with Crippen molar-refractivity contribution in [3.8, 4) is 0 Å². The number of hydrogen-bond donors (Lipinski definition) is 1. The smallest absolute Gasteiger partial charge is 0.138 e. The van der Waals surface area contributed by atoms with Crippen LogP contribution in [0.4, 0.5) is 0 Å². The first-order chi connectivity index (χ1) is 5.49. The summed E-state index contributed by atoms with van der Waals surface area (Å²) in [5.74, 6) is 0.307. The Balaban J connectivity index is 3.94. The molecule has 3 heteroatoms. The van der Waals surface area contributed by atoms with Crippen molar-refractivity contribution < 1.29 is 14.9 Å². The van der Waals surface area contributed by atoms with E-state index in [1.54, 1.807) is 0 Å². The molecule has 0 amide bonds. The molecule has 0 aromatic rings. The Kier molecular flexibility index (Phi) is 5.09. The second kappa shape index (κ2) is 5.27. The van der Waals surface area contributed by atoms with Gasteiger partial charge in [-0.05, 0) is 5.92 Å². The summed E-state index contributed by atoms with van der Waals surface area (Å²) in [6.07, 6.45) is -0.0638. The highest BCUT2D eigenvalue weighted by atomic mass is 17.1. The minimum Gasteiger partial charge on any atom is -0.299 e. The average Bonchev–Trinajstić information content (AvgIpc) is 1.98. The van der Waals surface area contributed by atoms with Crippen LogP contribution in [0.5, 0.6) is 0 Å². The molecule has 0 saturated carbocycles. The molecule has 72 valence electrons. The largest absolute Gasteiger partial charge is 0.299 e. The van der Waals surface area contributed by atoms with E-state index in [4.69, 9.17) is 5.26 Å². The number of Topliss-reactive ketones (excluding diaryl/α,β-unsaturated/α-hetero) is 1. The standard InChI is InChI=1S/C9H18O3/c1-6(2)8(10)5-9(12-11)7(3)4/h6-7,9,11H,5H2,1-4H3. The Morgan fingerprint density at radius 2 is 1.83 bits per heavy atom. The summed E-state index contributed by atoms with van der Waals surface area (Å²) < 4.78 is 0. The monoisotopic (exact) mass is 174 g/mol. The van der Waals surface area contributed by atoms with Gasteiger partial charge in [0.2, 0.25) is 0 Å². The molecule has 0 heterocycles. The van der Waals surface area contributed by atoms with Gasteiger partial charge in [-0.15, -0.1) is 0 Å². The minimum atomic E-state index is -0.361. The Labute approximate surface area is 73.7 Å². The van der Waals surface area contributed by atoms with Crippen molar-refractivity contribution in [3.63, 3.8) is 0 Å². The Hall–Kier alpha value is -0.410. The molecule has 0 aliphatic rings. The van der Waals surface area contributed by atoms with E-state index in [1.807, 2.05) is 27.7 Å². The lowest BCUT2D eigenvalue weighted by molar-refractivity contribution is -0.287. The summed E-state index contributed by atoms with van der Waals surface area (Å²) in [4.78, 5) is 15.4. The fraction of sp³-hybridized carbons (Fsp3) is 0.889. The maximum Gasteiger partial charge on any atom is 0.138 e. The Morgan fingerprint density at radius 1 is 1.33 bits per heavy atom. The topological polar surface area (TPSA) is 46.5 Å². The molecule has 0 bridgehead atoms. The van der Waals surface area contributed by atoms with Crippen molar-refractivity contribution in [2.24, 2.45) is 11.8 Å². The highest BCUT2D eigenvalue weighted by Gasteiger charge is 2.19. The lowest BCUT2D eigenvalue weighted by Crippen LogP contribution is -2.24. The van der Waals surface area contributed by atoms with Crippen LogP contribution >= 0.6 is 0 Å². The van der Waals surface area contributed by atoms with Gasteiger partial charge < -0.3 is 0 Å². The Morgan fingerprint density at radius 3 is 2.08 bits per heavy atom. The van der Waals surface area contributed by atoms with Gasteiger partial charge in [-0.2, -0.15) is 0 Å². The molecule has 1 unspecified atom stereocenters. The summed E-state index contributed by atoms with van der Waals surface area (Å²) in [6, 6.07) is 0. The molecule has 0 fully saturated rings. The van der Waals surface area contributed by atoms with Crippen LogP contribution in [0, 0.1) is 11.8 Å². The van der Waals surface area contributed by atoms with E-state index < -0.39 is 0 Å². The molecule has 1 atom stereocenters. The van der Waals surface area contributed by atoms with Gasteiger partial charge in [0.05, 0.1) is 0 Å². The zero-order valence-corrected chi connectivity index (χ0v) is 8.20. The fourth-order valence-corrected chi connectivity index (χ4v) is 0.829. The number of carbonyl (C=O) groups excluding carboxylic acids is 1. The van der Waals surface area contributed by atoms with Gasteiger partial charge in [0.15, 0.2) is 0 Å². The highest BCUT2D eigenvalue weighted by Crippen LogP contribution is 2.12. The molecule has 0 saturated heterocycles. The van der Waals surface area contributed by atoms with Gasteiger partial charge in [-0.3, -0.25) is 10.1 Å². The van der Waals surface area contributed by atoms with Crippen LogP contribution in [-0.4, -0.2) is 17.1 Å². The third-order valence-corrected chi connectivity index (χ3v) is 1.93. The van der Waals surface area contributed by atoms with Crippen LogP contribution in [0.15, 0.2) is 0 Å². The summed E-state index contributed by atoms with van der Waals surface area (Å²) in [6.45, 7) is 7.51. The van der Waals surface area contributed by atoms with Gasteiger partial charge in [-0.25, -0.2) is 4.89 Å². The van der Waals surface area contributed by atoms with Crippen LogP contribution in [0.25, 0.3) is 0 Å². The molecule has 0 aliphatic carbocycles. The first-order valence-electron chi connectivity index (χ1n) is 4.32. The zero-order valence-electron chi connectivity index (χ0n) is 8.20. The molecule has 0 aromatic carbocycles. The predicted octanol–water partition coefficient (Wildman–Crippen LogP) is 2.12. The van der Waals surface area contributed by atoms with Gasteiger partial charge in [0.1, 0.15) is 11.9 Å². The molecule has 1 N–H and O–H groups in total. The number of rotatable bonds is 5. The molecule has 0 aromatic heterocycles. The second-order valence-electron chi connectivity index (χ2n) is 3.71.